The highest BCUT2D eigenvalue weighted by molar-refractivity contribution is 7.13. The zero-order valence-electron chi connectivity index (χ0n) is 15.8. The minimum atomic E-state index is 0.0951. The zero-order valence-corrected chi connectivity index (χ0v) is 16.7. The van der Waals surface area contributed by atoms with E-state index in [0.29, 0.717) is 24.9 Å². The summed E-state index contributed by atoms with van der Waals surface area (Å²) < 4.78 is 11.0. The summed E-state index contributed by atoms with van der Waals surface area (Å²) in [6, 6.07) is 13.9. The van der Waals surface area contributed by atoms with E-state index in [1.54, 1.807) is 11.3 Å². The van der Waals surface area contributed by atoms with Crippen molar-refractivity contribution in [2.24, 2.45) is 0 Å². The highest BCUT2D eigenvalue weighted by Crippen LogP contribution is 2.27. The third kappa shape index (κ3) is 4.48. The molecule has 4 rings (SSSR count). The molecule has 0 aliphatic carbocycles. The van der Waals surface area contributed by atoms with Gasteiger partial charge in [-0.15, -0.1) is 11.3 Å². The minimum absolute atomic E-state index is 0.0951. The molecule has 1 aliphatic heterocycles. The van der Waals surface area contributed by atoms with Gasteiger partial charge in [-0.1, -0.05) is 35.5 Å². The van der Waals surface area contributed by atoms with E-state index in [9.17, 15) is 4.79 Å². The molecule has 0 N–H and O–H groups in total. The lowest BCUT2D eigenvalue weighted by atomic mass is 9.97. The van der Waals surface area contributed by atoms with Crippen molar-refractivity contribution in [3.05, 3.63) is 69.5 Å². The van der Waals surface area contributed by atoms with Crippen molar-refractivity contribution >= 4 is 17.2 Å². The fourth-order valence-electron chi connectivity index (χ4n) is 3.40. The van der Waals surface area contributed by atoms with E-state index in [1.807, 2.05) is 54.3 Å². The van der Waals surface area contributed by atoms with Gasteiger partial charge in [-0.05, 0) is 37.5 Å². The van der Waals surface area contributed by atoms with Crippen LogP contribution in [0.4, 0.5) is 0 Å². The highest BCUT2D eigenvalue weighted by atomic mass is 32.1. The molecule has 1 atom stereocenters. The molecule has 3 aromatic rings. The Labute approximate surface area is 168 Å². The predicted octanol–water partition coefficient (Wildman–Crippen LogP) is 4.18. The first-order chi connectivity index (χ1) is 13.7. The van der Waals surface area contributed by atoms with E-state index >= 15 is 0 Å². The van der Waals surface area contributed by atoms with Gasteiger partial charge in [0.15, 0.2) is 5.82 Å². The molecule has 1 aliphatic rings. The summed E-state index contributed by atoms with van der Waals surface area (Å²) in [4.78, 5) is 21.1. The summed E-state index contributed by atoms with van der Waals surface area (Å²) in [5.41, 5.74) is 1.10. The van der Waals surface area contributed by atoms with E-state index in [-0.39, 0.29) is 18.4 Å². The molecule has 28 heavy (non-hydrogen) atoms. The van der Waals surface area contributed by atoms with Crippen LogP contribution in [0.2, 0.25) is 0 Å². The van der Waals surface area contributed by atoms with Crippen molar-refractivity contribution in [3.63, 3.8) is 0 Å². The van der Waals surface area contributed by atoms with Gasteiger partial charge in [0.05, 0.1) is 11.5 Å². The van der Waals surface area contributed by atoms with Crippen LogP contribution < -0.4 is 0 Å². The summed E-state index contributed by atoms with van der Waals surface area (Å²) >= 11 is 1.54. The number of likely N-dealkylation sites (tertiary alicyclic amines) is 1. The van der Waals surface area contributed by atoms with Crippen molar-refractivity contribution in [1.82, 2.24) is 15.0 Å². The first kappa shape index (κ1) is 18.8. The molecule has 0 spiro atoms. The average molecular weight is 398 g/mol. The van der Waals surface area contributed by atoms with E-state index in [4.69, 9.17) is 9.26 Å². The molecule has 146 valence electrons. The van der Waals surface area contributed by atoms with Crippen molar-refractivity contribution in [2.45, 2.75) is 38.9 Å². The molecule has 1 saturated heterocycles. The molecular weight excluding hydrogens is 374 g/mol. The van der Waals surface area contributed by atoms with Crippen molar-refractivity contribution in [1.29, 1.82) is 0 Å². The van der Waals surface area contributed by atoms with E-state index in [2.05, 4.69) is 10.1 Å². The molecule has 0 saturated carbocycles. The summed E-state index contributed by atoms with van der Waals surface area (Å²) in [5, 5.41) is 4.13. The van der Waals surface area contributed by atoms with Gasteiger partial charge in [-0.25, -0.2) is 0 Å². The number of benzene rings is 1. The number of amides is 1. The Morgan fingerprint density at radius 1 is 1.25 bits per heavy atom. The molecule has 1 amide bonds. The molecule has 3 heterocycles. The van der Waals surface area contributed by atoms with Gasteiger partial charge in [0.1, 0.15) is 6.61 Å². The lowest BCUT2D eigenvalue weighted by Crippen LogP contribution is -2.39. The van der Waals surface area contributed by atoms with E-state index in [0.717, 1.165) is 34.7 Å². The average Bonchev–Trinajstić information content (AvgIpc) is 3.38. The third-order valence-corrected chi connectivity index (χ3v) is 5.83. The molecule has 0 radical (unpaired) electrons. The molecular formula is C21H23N3O3S. The predicted molar refractivity (Wildman–Crippen MR) is 106 cm³/mol. The standard InChI is InChI=1S/C21H23N3O3S/c1-15-9-10-18(28-15)21(25)24-11-5-8-17(12-24)20-22-19(27-23-20)14-26-13-16-6-3-2-4-7-16/h2-4,6-7,9-10,17H,5,8,11-14H2,1H3. The fourth-order valence-corrected chi connectivity index (χ4v) is 4.24. The summed E-state index contributed by atoms with van der Waals surface area (Å²) in [5.74, 6) is 1.34. The maximum atomic E-state index is 12.7. The van der Waals surface area contributed by atoms with Crippen LogP contribution in [0.25, 0.3) is 0 Å². The quantitative estimate of drug-likeness (QED) is 0.624. The number of hydrogen-bond acceptors (Lipinski definition) is 6. The number of ether oxygens (including phenoxy) is 1. The van der Waals surface area contributed by atoms with Crippen molar-refractivity contribution < 1.29 is 14.1 Å². The second-order valence-corrected chi connectivity index (χ2v) is 8.31. The summed E-state index contributed by atoms with van der Waals surface area (Å²) in [6.45, 7) is 4.20. The van der Waals surface area contributed by atoms with Gasteiger partial charge in [0.2, 0.25) is 0 Å². The number of carbonyl (C=O) groups excluding carboxylic acids is 1. The summed E-state index contributed by atoms with van der Waals surface area (Å²) in [7, 11) is 0. The molecule has 2 aromatic heterocycles. The molecule has 0 bridgehead atoms. The van der Waals surface area contributed by atoms with Crippen molar-refractivity contribution in [3.8, 4) is 0 Å². The van der Waals surface area contributed by atoms with E-state index in [1.165, 1.54) is 0 Å². The monoisotopic (exact) mass is 397 g/mol. The maximum absolute atomic E-state index is 12.7. The minimum Gasteiger partial charge on any atom is -0.367 e. The van der Waals surface area contributed by atoms with Crippen LogP contribution in [0.5, 0.6) is 0 Å². The number of rotatable bonds is 6. The Kier molecular flexibility index (Phi) is 5.83. The van der Waals surface area contributed by atoms with Gasteiger partial charge in [0.25, 0.3) is 11.8 Å². The first-order valence-corrected chi connectivity index (χ1v) is 10.3. The SMILES string of the molecule is Cc1ccc(C(=O)N2CCCC(c3noc(COCc4ccccc4)n3)C2)s1. The Bertz CT molecular complexity index is 922. The topological polar surface area (TPSA) is 68.5 Å². The van der Waals surface area contributed by atoms with Crippen LogP contribution >= 0.6 is 11.3 Å². The number of piperidine rings is 1. The molecule has 7 heteroatoms. The van der Waals surface area contributed by atoms with Crippen LogP contribution in [0.15, 0.2) is 47.0 Å². The molecule has 1 fully saturated rings. The largest absolute Gasteiger partial charge is 0.367 e. The number of nitrogens with zero attached hydrogens (tertiary/aromatic N) is 3. The van der Waals surface area contributed by atoms with Crippen LogP contribution in [-0.2, 0) is 18.0 Å². The Morgan fingerprint density at radius 2 is 2.11 bits per heavy atom. The number of thiophene rings is 1. The number of aromatic nitrogens is 2. The highest BCUT2D eigenvalue weighted by Gasteiger charge is 2.29. The van der Waals surface area contributed by atoms with Gasteiger partial charge >= 0.3 is 0 Å². The number of hydrogen-bond donors (Lipinski definition) is 0. The van der Waals surface area contributed by atoms with Gasteiger partial charge in [-0.2, -0.15) is 4.98 Å². The Morgan fingerprint density at radius 3 is 2.89 bits per heavy atom. The number of aryl methyl sites for hydroxylation is 1. The maximum Gasteiger partial charge on any atom is 0.263 e. The van der Waals surface area contributed by atoms with Crippen molar-refractivity contribution in [2.75, 3.05) is 13.1 Å². The lowest BCUT2D eigenvalue weighted by Gasteiger charge is -2.30. The smallest absolute Gasteiger partial charge is 0.263 e. The second kappa shape index (κ2) is 8.67. The van der Waals surface area contributed by atoms with Crippen LogP contribution in [-0.4, -0.2) is 34.0 Å². The zero-order chi connectivity index (χ0) is 19.3. The third-order valence-electron chi connectivity index (χ3n) is 4.85. The lowest BCUT2D eigenvalue weighted by molar-refractivity contribution is 0.0708. The van der Waals surface area contributed by atoms with E-state index < -0.39 is 0 Å². The summed E-state index contributed by atoms with van der Waals surface area (Å²) in [6.07, 6.45) is 1.90. The van der Waals surface area contributed by atoms with Gasteiger partial charge in [-0.3, -0.25) is 4.79 Å². The molecule has 1 unspecified atom stereocenters. The second-order valence-electron chi connectivity index (χ2n) is 7.03. The molecule has 6 nitrogen and oxygen atoms in total. The van der Waals surface area contributed by atoms with Crippen LogP contribution in [0.1, 0.15) is 50.6 Å². The van der Waals surface area contributed by atoms with Crippen LogP contribution in [0, 0.1) is 6.92 Å². The number of carbonyl (C=O) groups is 1. The Balaban J connectivity index is 1.33. The molecule has 1 aromatic carbocycles. The van der Waals surface area contributed by atoms with Gasteiger partial charge < -0.3 is 14.2 Å². The Hall–Kier alpha value is -2.51. The first-order valence-electron chi connectivity index (χ1n) is 9.49. The van der Waals surface area contributed by atoms with Crippen LogP contribution in [0.3, 0.4) is 0 Å². The van der Waals surface area contributed by atoms with Gasteiger partial charge in [0, 0.05) is 23.9 Å². The fraction of sp³-hybridized carbons (Fsp3) is 0.381. The normalized spacial score (nSPS) is 17.0.